The fourth-order valence-corrected chi connectivity index (χ4v) is 6.63. The van der Waals surface area contributed by atoms with E-state index in [-0.39, 0.29) is 15.7 Å². The van der Waals surface area contributed by atoms with Gasteiger partial charge in [-0.3, -0.25) is 4.79 Å². The molecule has 4 rings (SSSR count). The Kier molecular flexibility index (Phi) is 6.78. The molecule has 1 fully saturated rings. The highest BCUT2D eigenvalue weighted by Crippen LogP contribution is 2.33. The maximum atomic E-state index is 13.4. The lowest BCUT2D eigenvalue weighted by atomic mass is 10.1. The van der Waals surface area contributed by atoms with Crippen LogP contribution in [0.4, 0.5) is 0 Å². The predicted molar refractivity (Wildman–Crippen MR) is 129 cm³/mol. The number of fused-ring (bicyclic) bond motifs is 1. The van der Waals surface area contributed by atoms with Crippen molar-refractivity contribution in [2.75, 3.05) is 39.5 Å². The van der Waals surface area contributed by atoms with Crippen molar-refractivity contribution in [1.29, 1.82) is 0 Å². The number of amides is 1. The summed E-state index contributed by atoms with van der Waals surface area (Å²) in [5.74, 6) is 0.139. The molecule has 0 aliphatic carbocycles. The number of sulfone groups is 1. The Morgan fingerprint density at radius 2 is 1.76 bits per heavy atom. The molecule has 10 heteroatoms. The number of aromatic nitrogens is 3. The van der Waals surface area contributed by atoms with Gasteiger partial charge in [0.05, 0.1) is 4.90 Å². The molecule has 8 nitrogen and oxygen atoms in total. The van der Waals surface area contributed by atoms with Gasteiger partial charge in [0.2, 0.25) is 15.7 Å². The third-order valence-electron chi connectivity index (χ3n) is 6.21. The van der Waals surface area contributed by atoms with E-state index in [1.54, 1.807) is 34.8 Å². The Morgan fingerprint density at radius 1 is 1.09 bits per heavy atom. The van der Waals surface area contributed by atoms with Gasteiger partial charge in [-0.15, -0.1) is 11.8 Å². The van der Waals surface area contributed by atoms with E-state index in [0.717, 1.165) is 43.1 Å². The summed E-state index contributed by atoms with van der Waals surface area (Å²) < 4.78 is 28.5. The van der Waals surface area contributed by atoms with Crippen LogP contribution in [0, 0.1) is 13.8 Å². The van der Waals surface area contributed by atoms with Crippen LogP contribution >= 0.6 is 11.8 Å². The summed E-state index contributed by atoms with van der Waals surface area (Å²) in [5.41, 5.74) is 2.80. The van der Waals surface area contributed by atoms with Crippen LogP contribution in [0.25, 0.3) is 5.65 Å². The number of nitrogens with zero attached hydrogens (tertiary/aromatic N) is 5. The van der Waals surface area contributed by atoms with Gasteiger partial charge >= 0.3 is 0 Å². The fraction of sp³-hybridized carbons (Fsp3) is 0.435. The van der Waals surface area contributed by atoms with Crippen LogP contribution in [0.2, 0.25) is 0 Å². The molecule has 0 bridgehead atoms. The van der Waals surface area contributed by atoms with Gasteiger partial charge in [-0.2, -0.15) is 5.10 Å². The first-order valence-electron chi connectivity index (χ1n) is 10.9. The Morgan fingerprint density at radius 3 is 2.39 bits per heavy atom. The smallest absolute Gasteiger partial charge is 0.222 e. The minimum absolute atomic E-state index is 0.132. The second-order valence-corrected chi connectivity index (χ2v) is 11.0. The van der Waals surface area contributed by atoms with Gasteiger partial charge in [0.15, 0.2) is 10.5 Å². The summed E-state index contributed by atoms with van der Waals surface area (Å²) in [6.07, 6.45) is 2.75. The number of carbonyl (C=O) groups is 1. The zero-order valence-electron chi connectivity index (χ0n) is 19.4. The minimum atomic E-state index is -3.79. The molecule has 1 aliphatic rings. The molecule has 2 aromatic heterocycles. The molecule has 3 heterocycles. The monoisotopic (exact) mass is 487 g/mol. The maximum absolute atomic E-state index is 13.4. The van der Waals surface area contributed by atoms with Gasteiger partial charge in [-0.1, -0.05) is 18.2 Å². The molecule has 0 atom stereocenters. The molecule has 0 N–H and O–H groups in total. The molecule has 1 amide bonds. The first-order valence-corrected chi connectivity index (χ1v) is 13.6. The first-order chi connectivity index (χ1) is 15.7. The van der Waals surface area contributed by atoms with Gasteiger partial charge in [-0.05, 0) is 51.3 Å². The zero-order chi connectivity index (χ0) is 23.8. The van der Waals surface area contributed by atoms with Crippen LogP contribution in [0.15, 0.2) is 45.1 Å². The molecule has 0 spiro atoms. The molecule has 0 radical (unpaired) electrons. The number of carbonyl (C=O) groups excluding carboxylic acids is 1. The Hall–Kier alpha value is -2.43. The third kappa shape index (κ3) is 4.51. The standard InChI is InChI=1S/C23H29N5O3S2/c1-16-19(10-11-20(29)27-14-12-26(3)13-15-27)17(2)28-22(24-16)21(23(25-28)32-4)33(30,31)18-8-6-5-7-9-18/h5-9H,10-15H2,1-4H3. The van der Waals surface area contributed by atoms with E-state index in [4.69, 9.17) is 0 Å². The minimum Gasteiger partial charge on any atom is -0.340 e. The van der Waals surface area contributed by atoms with Gasteiger partial charge in [-0.25, -0.2) is 17.9 Å². The van der Waals surface area contributed by atoms with Crippen molar-refractivity contribution in [3.8, 4) is 0 Å². The van der Waals surface area contributed by atoms with Gasteiger partial charge in [0.25, 0.3) is 0 Å². The van der Waals surface area contributed by atoms with Crippen molar-refractivity contribution in [1.82, 2.24) is 24.4 Å². The number of hydrogen-bond acceptors (Lipinski definition) is 7. The summed E-state index contributed by atoms with van der Waals surface area (Å²) in [6, 6.07) is 8.36. The van der Waals surface area contributed by atoms with Crippen molar-refractivity contribution in [2.45, 2.75) is 41.5 Å². The van der Waals surface area contributed by atoms with Crippen LogP contribution < -0.4 is 0 Å². The Balaban J connectivity index is 1.69. The number of thioether (sulfide) groups is 1. The van der Waals surface area contributed by atoms with Crippen LogP contribution in [0.1, 0.15) is 23.4 Å². The van der Waals surface area contributed by atoms with Gasteiger partial charge in [0.1, 0.15) is 5.03 Å². The number of hydrogen-bond donors (Lipinski definition) is 0. The van der Waals surface area contributed by atoms with E-state index >= 15 is 0 Å². The average Bonchev–Trinajstić information content (AvgIpc) is 3.19. The van der Waals surface area contributed by atoms with Crippen molar-refractivity contribution >= 4 is 33.2 Å². The number of benzene rings is 1. The van der Waals surface area contributed by atoms with Crippen LogP contribution in [0.5, 0.6) is 0 Å². The lowest BCUT2D eigenvalue weighted by Gasteiger charge is -2.32. The summed E-state index contributed by atoms with van der Waals surface area (Å²) in [4.78, 5) is 21.9. The summed E-state index contributed by atoms with van der Waals surface area (Å²) >= 11 is 1.28. The summed E-state index contributed by atoms with van der Waals surface area (Å²) in [6.45, 7) is 7.06. The largest absolute Gasteiger partial charge is 0.340 e. The molecular weight excluding hydrogens is 458 g/mol. The average molecular weight is 488 g/mol. The fourth-order valence-electron chi connectivity index (χ4n) is 4.22. The van der Waals surface area contributed by atoms with Crippen LogP contribution in [-0.2, 0) is 21.1 Å². The SMILES string of the molecule is CSc1nn2c(C)c(CCC(=O)N3CCN(C)CC3)c(C)nc2c1S(=O)(=O)c1ccccc1. The van der Waals surface area contributed by atoms with E-state index in [1.807, 2.05) is 25.0 Å². The highest BCUT2D eigenvalue weighted by atomic mass is 32.2. The van der Waals surface area contributed by atoms with E-state index in [9.17, 15) is 13.2 Å². The normalized spacial score (nSPS) is 15.3. The van der Waals surface area contributed by atoms with Crippen LogP contribution in [0.3, 0.4) is 0 Å². The number of piperazine rings is 1. The second kappa shape index (κ2) is 9.44. The highest BCUT2D eigenvalue weighted by molar-refractivity contribution is 7.99. The van der Waals surface area contributed by atoms with Crippen molar-refractivity contribution in [2.24, 2.45) is 0 Å². The molecule has 3 aromatic rings. The van der Waals surface area contributed by atoms with E-state index < -0.39 is 9.84 Å². The van der Waals surface area contributed by atoms with Crippen LogP contribution in [-0.4, -0.2) is 78.2 Å². The molecule has 176 valence electrons. The number of rotatable bonds is 6. The molecule has 0 unspecified atom stereocenters. The molecule has 33 heavy (non-hydrogen) atoms. The third-order valence-corrected chi connectivity index (χ3v) is 8.82. The van der Waals surface area contributed by atoms with Crippen molar-refractivity contribution in [3.63, 3.8) is 0 Å². The molecule has 1 aromatic carbocycles. The molecule has 1 saturated heterocycles. The highest BCUT2D eigenvalue weighted by Gasteiger charge is 2.30. The van der Waals surface area contributed by atoms with Crippen molar-refractivity contribution in [3.05, 3.63) is 47.3 Å². The predicted octanol–water partition coefficient (Wildman–Crippen LogP) is 2.61. The number of aryl methyl sites for hydroxylation is 2. The zero-order valence-corrected chi connectivity index (χ0v) is 21.0. The van der Waals surface area contributed by atoms with E-state index in [2.05, 4.69) is 22.0 Å². The lowest BCUT2D eigenvalue weighted by Crippen LogP contribution is -2.47. The van der Waals surface area contributed by atoms with Gasteiger partial charge < -0.3 is 9.80 Å². The van der Waals surface area contributed by atoms with Crippen molar-refractivity contribution < 1.29 is 13.2 Å². The lowest BCUT2D eigenvalue weighted by molar-refractivity contribution is -0.132. The number of likely N-dealkylation sites (N-methyl/N-ethyl adjacent to an activating group) is 1. The van der Waals surface area contributed by atoms with E-state index in [1.165, 1.54) is 11.8 Å². The molecule has 0 saturated carbocycles. The maximum Gasteiger partial charge on any atom is 0.222 e. The van der Waals surface area contributed by atoms with E-state index in [0.29, 0.717) is 23.5 Å². The topological polar surface area (TPSA) is 87.9 Å². The summed E-state index contributed by atoms with van der Waals surface area (Å²) in [7, 11) is -1.72. The first kappa shape index (κ1) is 23.7. The Bertz CT molecular complexity index is 1280. The Labute approximate surface area is 198 Å². The summed E-state index contributed by atoms with van der Waals surface area (Å²) in [5, 5.41) is 5.00. The molecular formula is C23H29N5O3S2. The quantitative estimate of drug-likeness (QED) is 0.494. The second-order valence-electron chi connectivity index (χ2n) is 8.34. The molecule has 1 aliphatic heterocycles. The van der Waals surface area contributed by atoms with Gasteiger partial charge in [0, 0.05) is 44.0 Å².